The average Bonchev–Trinajstić information content (AvgIpc) is 3.18. The van der Waals surface area contributed by atoms with E-state index in [1.165, 1.54) is 28.8 Å². The number of benzene rings is 2. The van der Waals surface area contributed by atoms with E-state index < -0.39 is 10.0 Å². The number of anilines is 1. The van der Waals surface area contributed by atoms with E-state index in [2.05, 4.69) is 5.32 Å². The number of fused-ring (bicyclic) bond motifs is 1. The number of thiophene rings is 1. The largest absolute Gasteiger partial charge is 0.495 e. The van der Waals surface area contributed by atoms with Gasteiger partial charge in [0.15, 0.2) is 0 Å². The molecule has 0 spiro atoms. The van der Waals surface area contributed by atoms with E-state index in [1.807, 2.05) is 29.6 Å². The topological polar surface area (TPSA) is 75.7 Å². The number of nitrogens with zero attached hydrogens (tertiary/aromatic N) is 1. The summed E-state index contributed by atoms with van der Waals surface area (Å²) in [6.45, 7) is 1.01. The van der Waals surface area contributed by atoms with Crippen LogP contribution in [0.1, 0.15) is 29.6 Å². The van der Waals surface area contributed by atoms with E-state index in [0.717, 1.165) is 29.3 Å². The molecule has 1 aliphatic rings. The van der Waals surface area contributed by atoms with Crippen molar-refractivity contribution in [3.8, 4) is 5.75 Å². The van der Waals surface area contributed by atoms with Gasteiger partial charge in [-0.2, -0.15) is 4.31 Å². The summed E-state index contributed by atoms with van der Waals surface area (Å²) in [6.07, 6.45) is 2.74. The molecule has 0 unspecified atom stereocenters. The molecular formula is C21H22N2O4S2. The van der Waals surface area contributed by atoms with Gasteiger partial charge < -0.3 is 10.1 Å². The third-order valence-electron chi connectivity index (χ3n) is 5.08. The van der Waals surface area contributed by atoms with Gasteiger partial charge in [0, 0.05) is 34.2 Å². The smallest absolute Gasteiger partial charge is 0.257 e. The third-order valence-corrected chi connectivity index (χ3v) is 7.96. The molecule has 0 saturated carbocycles. The van der Waals surface area contributed by atoms with Crippen molar-refractivity contribution in [1.29, 1.82) is 0 Å². The van der Waals surface area contributed by atoms with Crippen LogP contribution in [0.4, 0.5) is 5.69 Å². The summed E-state index contributed by atoms with van der Waals surface area (Å²) < 4.78 is 34.1. The highest BCUT2D eigenvalue weighted by Crippen LogP contribution is 2.32. The van der Waals surface area contributed by atoms with Crippen LogP contribution in [0.5, 0.6) is 5.75 Å². The zero-order chi connectivity index (χ0) is 20.4. The predicted octanol–water partition coefficient (Wildman–Crippen LogP) is 4.34. The van der Waals surface area contributed by atoms with Gasteiger partial charge in [0.2, 0.25) is 10.0 Å². The minimum absolute atomic E-state index is 0.0786. The fourth-order valence-corrected chi connectivity index (χ4v) is 6.19. The normalized spacial score (nSPS) is 15.3. The fraction of sp³-hybridized carbons (Fsp3) is 0.286. The lowest BCUT2D eigenvalue weighted by Gasteiger charge is -2.26. The van der Waals surface area contributed by atoms with Gasteiger partial charge in [0.25, 0.3) is 5.91 Å². The van der Waals surface area contributed by atoms with E-state index in [9.17, 15) is 13.2 Å². The molecule has 0 aliphatic carbocycles. The number of carbonyl (C=O) groups excluding carboxylic acids is 1. The van der Waals surface area contributed by atoms with Crippen LogP contribution in [0.15, 0.2) is 52.7 Å². The Labute approximate surface area is 174 Å². The molecule has 1 aliphatic heterocycles. The number of nitrogens with one attached hydrogen (secondary N) is 1. The van der Waals surface area contributed by atoms with E-state index in [-0.39, 0.29) is 16.6 Å². The van der Waals surface area contributed by atoms with Gasteiger partial charge in [-0.15, -0.1) is 11.3 Å². The SMILES string of the molecule is COc1ccc(NC(=O)c2csc3ccccc23)cc1S(=O)(=O)N1CCCCC1. The maximum Gasteiger partial charge on any atom is 0.257 e. The minimum atomic E-state index is -3.69. The Morgan fingerprint density at radius 1 is 1.10 bits per heavy atom. The summed E-state index contributed by atoms with van der Waals surface area (Å²) in [5, 5.41) is 5.53. The first-order valence-corrected chi connectivity index (χ1v) is 11.8. The number of piperidine rings is 1. The quantitative estimate of drug-likeness (QED) is 0.653. The molecule has 1 saturated heterocycles. The van der Waals surface area contributed by atoms with Crippen LogP contribution in [-0.2, 0) is 10.0 Å². The van der Waals surface area contributed by atoms with Gasteiger partial charge in [-0.3, -0.25) is 4.79 Å². The van der Waals surface area contributed by atoms with Gasteiger partial charge in [-0.25, -0.2) is 8.42 Å². The zero-order valence-corrected chi connectivity index (χ0v) is 17.7. The number of methoxy groups -OCH3 is 1. The van der Waals surface area contributed by atoms with E-state index in [4.69, 9.17) is 4.74 Å². The van der Waals surface area contributed by atoms with Gasteiger partial charge in [0.05, 0.1) is 12.7 Å². The number of hydrogen-bond donors (Lipinski definition) is 1. The van der Waals surface area contributed by atoms with Crippen LogP contribution in [0, 0.1) is 0 Å². The molecule has 3 aromatic rings. The van der Waals surface area contributed by atoms with E-state index in [1.54, 1.807) is 12.1 Å². The molecule has 4 rings (SSSR count). The second kappa shape index (κ2) is 8.14. The zero-order valence-electron chi connectivity index (χ0n) is 16.1. The van der Waals surface area contributed by atoms with Gasteiger partial charge in [0.1, 0.15) is 10.6 Å². The molecule has 1 aromatic heterocycles. The summed E-state index contributed by atoms with van der Waals surface area (Å²) in [5.74, 6) is 0.00323. The molecule has 1 fully saturated rings. The highest BCUT2D eigenvalue weighted by Gasteiger charge is 2.29. The molecule has 1 N–H and O–H groups in total. The monoisotopic (exact) mass is 430 g/mol. The van der Waals surface area contributed by atoms with Gasteiger partial charge in [-0.1, -0.05) is 24.6 Å². The lowest BCUT2D eigenvalue weighted by atomic mass is 10.1. The first-order chi connectivity index (χ1) is 14.0. The van der Waals surface area contributed by atoms with E-state index in [0.29, 0.717) is 24.3 Å². The van der Waals surface area contributed by atoms with Crippen LogP contribution in [-0.4, -0.2) is 38.8 Å². The van der Waals surface area contributed by atoms with Crippen LogP contribution in [0.25, 0.3) is 10.1 Å². The molecule has 152 valence electrons. The molecular weight excluding hydrogens is 408 g/mol. The number of sulfonamides is 1. The summed E-state index contributed by atoms with van der Waals surface area (Å²) in [5.41, 5.74) is 0.989. The Balaban J connectivity index is 1.65. The lowest BCUT2D eigenvalue weighted by Crippen LogP contribution is -2.35. The predicted molar refractivity (Wildman–Crippen MR) is 115 cm³/mol. The maximum absolute atomic E-state index is 13.1. The van der Waals surface area contributed by atoms with Crippen LogP contribution in [0.3, 0.4) is 0 Å². The molecule has 0 radical (unpaired) electrons. The second-order valence-electron chi connectivity index (χ2n) is 6.93. The van der Waals surface area contributed by atoms with Crippen molar-refractivity contribution < 1.29 is 17.9 Å². The van der Waals surface area contributed by atoms with Crippen molar-refractivity contribution in [2.75, 3.05) is 25.5 Å². The molecule has 2 heterocycles. The lowest BCUT2D eigenvalue weighted by molar-refractivity contribution is 0.102. The van der Waals surface area contributed by atoms with Gasteiger partial charge >= 0.3 is 0 Å². The van der Waals surface area contributed by atoms with Crippen LogP contribution < -0.4 is 10.1 Å². The number of ether oxygens (including phenoxy) is 1. The molecule has 1 amide bonds. The Bertz CT molecular complexity index is 1150. The van der Waals surface area contributed by atoms with Crippen molar-refractivity contribution in [2.24, 2.45) is 0 Å². The average molecular weight is 431 g/mol. The highest BCUT2D eigenvalue weighted by molar-refractivity contribution is 7.89. The minimum Gasteiger partial charge on any atom is -0.495 e. The molecule has 0 atom stereocenters. The highest BCUT2D eigenvalue weighted by atomic mass is 32.2. The Morgan fingerprint density at radius 2 is 1.86 bits per heavy atom. The second-order valence-corrected chi connectivity index (χ2v) is 9.75. The maximum atomic E-state index is 13.1. The number of rotatable bonds is 5. The molecule has 6 nitrogen and oxygen atoms in total. The summed E-state index contributed by atoms with van der Waals surface area (Å²) in [6, 6.07) is 12.4. The van der Waals surface area contributed by atoms with Crippen LogP contribution >= 0.6 is 11.3 Å². The summed E-state index contributed by atoms with van der Waals surface area (Å²) in [4.78, 5) is 12.9. The Kier molecular flexibility index (Phi) is 5.58. The van der Waals surface area contributed by atoms with Crippen molar-refractivity contribution >= 4 is 43.0 Å². The molecule has 2 aromatic carbocycles. The van der Waals surface area contributed by atoms with Crippen molar-refractivity contribution in [3.63, 3.8) is 0 Å². The first kappa shape index (κ1) is 19.9. The third kappa shape index (κ3) is 3.88. The van der Waals surface area contributed by atoms with Crippen molar-refractivity contribution in [3.05, 3.63) is 53.4 Å². The first-order valence-electron chi connectivity index (χ1n) is 9.46. The number of carbonyl (C=O) groups is 1. The van der Waals surface area contributed by atoms with Crippen molar-refractivity contribution in [1.82, 2.24) is 4.31 Å². The summed E-state index contributed by atoms with van der Waals surface area (Å²) in [7, 11) is -2.25. The Morgan fingerprint density at radius 3 is 2.62 bits per heavy atom. The van der Waals surface area contributed by atoms with Crippen molar-refractivity contribution in [2.45, 2.75) is 24.2 Å². The van der Waals surface area contributed by atoms with Crippen LogP contribution in [0.2, 0.25) is 0 Å². The Hall–Kier alpha value is -2.42. The van der Waals surface area contributed by atoms with E-state index >= 15 is 0 Å². The molecule has 0 bridgehead atoms. The molecule has 8 heteroatoms. The number of hydrogen-bond acceptors (Lipinski definition) is 5. The fourth-order valence-electron chi connectivity index (χ4n) is 3.55. The summed E-state index contributed by atoms with van der Waals surface area (Å²) >= 11 is 1.50. The number of amides is 1. The van der Waals surface area contributed by atoms with Gasteiger partial charge in [-0.05, 0) is 37.1 Å². The molecule has 29 heavy (non-hydrogen) atoms. The standard InChI is InChI=1S/C21H22N2O4S2/c1-27-18-10-9-15(13-20(18)29(25,26)23-11-5-2-6-12-23)22-21(24)17-14-28-19-8-4-3-7-16(17)19/h3-4,7-10,13-14H,2,5-6,11-12H2,1H3,(H,22,24).